The van der Waals surface area contributed by atoms with E-state index in [9.17, 15) is 0 Å². The minimum Gasteiger partial charge on any atom is -0.357 e. The zero-order chi connectivity index (χ0) is 19.7. The van der Waals surface area contributed by atoms with Gasteiger partial charge in [0, 0.05) is 25.5 Å². The lowest BCUT2D eigenvalue weighted by atomic mass is 10.2. The molecule has 0 bridgehead atoms. The Morgan fingerprint density at radius 3 is 2.50 bits per heavy atom. The zero-order valence-electron chi connectivity index (χ0n) is 16.3. The van der Waals surface area contributed by atoms with Crippen molar-refractivity contribution in [3.05, 3.63) is 42.2 Å². The van der Waals surface area contributed by atoms with Gasteiger partial charge in [0.15, 0.2) is 0 Å². The standard InChI is InChI=1S/C19H21N9/c1-5-27(6-2)16-8-7-14(12(3)22-16)23-17-13(4)26-28-18(24-25-19(17)28)15-11-20-9-10-21-15/h7-11H,5-6H2,1-4H3. The molecule has 142 valence electrons. The van der Waals surface area contributed by atoms with Crippen molar-refractivity contribution in [3.8, 4) is 11.5 Å². The molecule has 9 heteroatoms. The molecule has 0 amide bonds. The first-order chi connectivity index (χ1) is 13.6. The normalized spacial score (nSPS) is 14.3. The van der Waals surface area contributed by atoms with E-state index >= 15 is 0 Å². The molecule has 1 aliphatic rings. The van der Waals surface area contributed by atoms with Gasteiger partial charge in [-0.15, -0.1) is 10.2 Å². The van der Waals surface area contributed by atoms with Crippen molar-refractivity contribution in [1.82, 2.24) is 29.8 Å². The quantitative estimate of drug-likeness (QED) is 0.680. The summed E-state index contributed by atoms with van der Waals surface area (Å²) in [5.74, 6) is 2.08. The number of pyridine rings is 1. The molecule has 0 atom stereocenters. The summed E-state index contributed by atoms with van der Waals surface area (Å²) in [5, 5.41) is 13.0. The summed E-state index contributed by atoms with van der Waals surface area (Å²) >= 11 is 0. The van der Waals surface area contributed by atoms with Crippen LogP contribution < -0.4 is 4.90 Å². The largest absolute Gasteiger partial charge is 0.357 e. The van der Waals surface area contributed by atoms with Crippen LogP contribution in [-0.4, -0.2) is 54.3 Å². The SMILES string of the molecule is CCN(CC)c1ccc(N=C2C(C)=Nn3c2nnc3-c2cnccn2)c(C)n1. The highest BCUT2D eigenvalue weighted by Crippen LogP contribution is 2.25. The van der Waals surface area contributed by atoms with E-state index in [1.54, 1.807) is 23.3 Å². The Morgan fingerprint density at radius 1 is 1.04 bits per heavy atom. The zero-order valence-corrected chi connectivity index (χ0v) is 16.3. The Bertz CT molecular complexity index is 1060. The summed E-state index contributed by atoms with van der Waals surface area (Å²) in [7, 11) is 0. The molecular weight excluding hydrogens is 354 g/mol. The fourth-order valence-electron chi connectivity index (χ4n) is 3.09. The lowest BCUT2D eigenvalue weighted by Crippen LogP contribution is -2.23. The summed E-state index contributed by atoms with van der Waals surface area (Å²) in [6.07, 6.45) is 4.87. The molecule has 4 heterocycles. The van der Waals surface area contributed by atoms with Gasteiger partial charge in [0.25, 0.3) is 0 Å². The minimum absolute atomic E-state index is 0.541. The molecule has 1 aliphatic heterocycles. The van der Waals surface area contributed by atoms with Gasteiger partial charge in [-0.3, -0.25) is 4.98 Å². The summed E-state index contributed by atoms with van der Waals surface area (Å²) < 4.78 is 1.66. The average molecular weight is 375 g/mol. The van der Waals surface area contributed by atoms with Gasteiger partial charge >= 0.3 is 0 Å². The molecule has 0 radical (unpaired) electrons. The predicted octanol–water partition coefficient (Wildman–Crippen LogP) is 2.64. The van der Waals surface area contributed by atoms with Crippen molar-refractivity contribution in [2.75, 3.05) is 18.0 Å². The molecule has 4 rings (SSSR count). The van der Waals surface area contributed by atoms with E-state index in [4.69, 9.17) is 9.98 Å². The highest BCUT2D eigenvalue weighted by Gasteiger charge is 2.27. The summed E-state index contributed by atoms with van der Waals surface area (Å²) in [5.41, 5.74) is 3.71. The van der Waals surface area contributed by atoms with Crippen molar-refractivity contribution in [2.24, 2.45) is 10.1 Å². The second kappa shape index (κ2) is 7.26. The number of hydrogen-bond acceptors (Lipinski definition) is 8. The Kier molecular flexibility index (Phi) is 4.64. The monoisotopic (exact) mass is 375 g/mol. The van der Waals surface area contributed by atoms with Crippen LogP contribution in [0.4, 0.5) is 11.5 Å². The predicted molar refractivity (Wildman–Crippen MR) is 108 cm³/mol. The van der Waals surface area contributed by atoms with E-state index in [0.717, 1.165) is 36.0 Å². The third-order valence-electron chi connectivity index (χ3n) is 4.60. The van der Waals surface area contributed by atoms with E-state index in [0.29, 0.717) is 23.1 Å². The number of aliphatic imine (C=N–C) groups is 1. The van der Waals surface area contributed by atoms with Gasteiger partial charge in [-0.2, -0.15) is 9.78 Å². The number of aromatic nitrogens is 6. The fraction of sp³-hybridized carbons (Fsp3) is 0.316. The molecule has 0 aliphatic carbocycles. The Morgan fingerprint density at radius 2 is 1.82 bits per heavy atom. The molecule has 0 unspecified atom stereocenters. The maximum Gasteiger partial charge on any atom is 0.205 e. The first-order valence-electron chi connectivity index (χ1n) is 9.21. The van der Waals surface area contributed by atoms with Crippen molar-refractivity contribution in [2.45, 2.75) is 27.7 Å². The molecular formula is C19H21N9. The third kappa shape index (κ3) is 3.04. The van der Waals surface area contributed by atoms with Crippen LogP contribution in [0.2, 0.25) is 0 Å². The van der Waals surface area contributed by atoms with Crippen molar-refractivity contribution < 1.29 is 0 Å². The van der Waals surface area contributed by atoms with E-state index in [-0.39, 0.29) is 0 Å². The number of anilines is 1. The van der Waals surface area contributed by atoms with E-state index in [1.165, 1.54) is 0 Å². The fourth-order valence-corrected chi connectivity index (χ4v) is 3.09. The molecule has 3 aromatic rings. The molecule has 0 saturated heterocycles. The number of fused-ring (bicyclic) bond motifs is 1. The van der Waals surface area contributed by atoms with Gasteiger partial charge < -0.3 is 4.90 Å². The Labute approximate surface area is 162 Å². The van der Waals surface area contributed by atoms with Crippen LogP contribution in [0, 0.1) is 6.92 Å². The van der Waals surface area contributed by atoms with Gasteiger partial charge in [-0.25, -0.2) is 15.0 Å². The van der Waals surface area contributed by atoms with Crippen LogP contribution in [0.5, 0.6) is 0 Å². The highest BCUT2D eigenvalue weighted by atomic mass is 15.5. The van der Waals surface area contributed by atoms with E-state index in [1.807, 2.05) is 26.0 Å². The second-order valence-electron chi connectivity index (χ2n) is 6.34. The molecule has 0 N–H and O–H groups in total. The molecule has 0 fully saturated rings. The van der Waals surface area contributed by atoms with Crippen LogP contribution >= 0.6 is 0 Å². The minimum atomic E-state index is 0.541. The maximum absolute atomic E-state index is 4.78. The number of nitrogens with zero attached hydrogens (tertiary/aromatic N) is 9. The van der Waals surface area contributed by atoms with Crippen molar-refractivity contribution in [1.29, 1.82) is 0 Å². The lowest BCUT2D eigenvalue weighted by Gasteiger charge is -2.20. The molecule has 0 aromatic carbocycles. The summed E-state index contributed by atoms with van der Waals surface area (Å²) in [4.78, 5) is 20.1. The number of hydrogen-bond donors (Lipinski definition) is 0. The smallest absolute Gasteiger partial charge is 0.205 e. The average Bonchev–Trinajstić information content (AvgIpc) is 3.24. The molecule has 9 nitrogen and oxygen atoms in total. The van der Waals surface area contributed by atoms with Gasteiger partial charge in [0.1, 0.15) is 17.2 Å². The topological polar surface area (TPSA) is 97.3 Å². The Hall–Kier alpha value is -3.49. The van der Waals surface area contributed by atoms with E-state index < -0.39 is 0 Å². The first kappa shape index (κ1) is 17.9. The molecule has 3 aromatic heterocycles. The summed E-state index contributed by atoms with van der Waals surface area (Å²) in [6.45, 7) is 9.93. The summed E-state index contributed by atoms with van der Waals surface area (Å²) in [6, 6.07) is 3.98. The van der Waals surface area contributed by atoms with Gasteiger partial charge in [-0.1, -0.05) is 0 Å². The van der Waals surface area contributed by atoms with Crippen molar-refractivity contribution in [3.63, 3.8) is 0 Å². The molecule has 0 saturated carbocycles. The van der Waals surface area contributed by atoms with Gasteiger partial charge in [0.05, 0.1) is 23.3 Å². The van der Waals surface area contributed by atoms with E-state index in [2.05, 4.69) is 44.0 Å². The van der Waals surface area contributed by atoms with Crippen LogP contribution in [0.15, 0.2) is 40.8 Å². The van der Waals surface area contributed by atoms with Crippen LogP contribution in [0.3, 0.4) is 0 Å². The number of aryl methyl sites for hydroxylation is 1. The lowest BCUT2D eigenvalue weighted by molar-refractivity contribution is 0.842. The van der Waals surface area contributed by atoms with Gasteiger partial charge in [-0.05, 0) is 39.8 Å². The third-order valence-corrected chi connectivity index (χ3v) is 4.60. The Balaban J connectivity index is 1.72. The van der Waals surface area contributed by atoms with Gasteiger partial charge in [0.2, 0.25) is 11.6 Å². The number of rotatable bonds is 5. The van der Waals surface area contributed by atoms with Crippen LogP contribution in [0.25, 0.3) is 11.5 Å². The first-order valence-corrected chi connectivity index (χ1v) is 9.21. The van der Waals surface area contributed by atoms with Crippen LogP contribution in [-0.2, 0) is 0 Å². The molecule has 28 heavy (non-hydrogen) atoms. The maximum atomic E-state index is 4.78. The highest BCUT2D eigenvalue weighted by molar-refractivity contribution is 6.48. The van der Waals surface area contributed by atoms with Crippen LogP contribution in [0.1, 0.15) is 32.3 Å². The molecule has 0 spiro atoms. The second-order valence-corrected chi connectivity index (χ2v) is 6.34. The van der Waals surface area contributed by atoms with Crippen molar-refractivity contribution >= 4 is 22.9 Å².